The molecule has 194 valence electrons. The maximum Gasteiger partial charge on any atom is 0.330 e. The number of allylic oxidation sites excluding steroid dienone is 2. The number of rotatable bonds is 15. The lowest BCUT2D eigenvalue weighted by atomic mass is 9.92. The summed E-state index contributed by atoms with van der Waals surface area (Å²) in [6.45, 7) is 2.18. The average Bonchev–Trinajstić information content (AvgIpc) is 3.12. The first kappa shape index (κ1) is 27.4. The molecule has 2 fully saturated rings. The number of ether oxygens (including phenoxy) is 3. The third kappa shape index (κ3) is 9.10. The van der Waals surface area contributed by atoms with Crippen LogP contribution in [0.3, 0.4) is 0 Å². The Morgan fingerprint density at radius 2 is 1.74 bits per heavy atom. The minimum atomic E-state index is -0.932. The molecule has 0 saturated carbocycles. The van der Waals surface area contributed by atoms with Gasteiger partial charge in [-0.15, -0.1) is 0 Å². The van der Waals surface area contributed by atoms with Crippen LogP contribution >= 0.6 is 0 Å². The van der Waals surface area contributed by atoms with Gasteiger partial charge in [0.05, 0.1) is 18.3 Å². The van der Waals surface area contributed by atoms with Crippen LogP contribution in [-0.2, 0) is 19.0 Å². The van der Waals surface area contributed by atoms with Gasteiger partial charge in [-0.1, -0.05) is 70.4 Å². The molecule has 0 amide bonds. The van der Waals surface area contributed by atoms with Crippen molar-refractivity contribution in [2.75, 3.05) is 0 Å². The molecular formula is C28H46O6. The van der Waals surface area contributed by atoms with Crippen molar-refractivity contribution in [3.8, 4) is 0 Å². The van der Waals surface area contributed by atoms with E-state index in [9.17, 15) is 15.0 Å². The molecule has 0 aromatic heterocycles. The zero-order chi connectivity index (χ0) is 24.2. The largest absolute Gasteiger partial charge is 0.456 e. The number of hydrogen-bond donors (Lipinski definition) is 2. The minimum absolute atomic E-state index is 0.254. The van der Waals surface area contributed by atoms with E-state index in [-0.39, 0.29) is 24.3 Å². The SMILES string of the molecule is CC/C=C\CCCCCCCCCCC[C@H](O)C[C@H]1C[C@H](O)C[C@@]2(C[C@@H]3OC(=O)C=C[C@@H]3O2)O1. The van der Waals surface area contributed by atoms with Crippen molar-refractivity contribution in [3.05, 3.63) is 24.3 Å². The summed E-state index contributed by atoms with van der Waals surface area (Å²) in [6.07, 6.45) is 22.0. The van der Waals surface area contributed by atoms with Crippen LogP contribution in [-0.4, -0.2) is 52.5 Å². The summed E-state index contributed by atoms with van der Waals surface area (Å²) in [4.78, 5) is 11.5. The van der Waals surface area contributed by atoms with E-state index in [1.807, 2.05) is 0 Å². The van der Waals surface area contributed by atoms with Gasteiger partial charge in [-0.3, -0.25) is 0 Å². The van der Waals surface area contributed by atoms with Crippen molar-refractivity contribution in [1.29, 1.82) is 0 Å². The second kappa shape index (κ2) is 14.4. The molecule has 0 aromatic rings. The first-order valence-corrected chi connectivity index (χ1v) is 13.8. The van der Waals surface area contributed by atoms with Crippen LogP contribution < -0.4 is 0 Å². The van der Waals surface area contributed by atoms with Gasteiger partial charge in [0.2, 0.25) is 0 Å². The molecule has 2 saturated heterocycles. The van der Waals surface area contributed by atoms with Gasteiger partial charge in [-0.25, -0.2) is 4.79 Å². The van der Waals surface area contributed by atoms with Crippen molar-refractivity contribution in [2.24, 2.45) is 0 Å². The molecule has 3 rings (SSSR count). The predicted octanol–water partition coefficient (Wildman–Crippen LogP) is 5.50. The summed E-state index contributed by atoms with van der Waals surface area (Å²) in [5.41, 5.74) is 0. The van der Waals surface area contributed by atoms with Gasteiger partial charge in [0.1, 0.15) is 12.2 Å². The fourth-order valence-electron chi connectivity index (χ4n) is 5.51. The number of fused-ring (bicyclic) bond motifs is 1. The van der Waals surface area contributed by atoms with Crippen molar-refractivity contribution >= 4 is 5.97 Å². The van der Waals surface area contributed by atoms with Crippen LogP contribution in [0.1, 0.15) is 110 Å². The van der Waals surface area contributed by atoms with E-state index in [2.05, 4.69) is 19.1 Å². The third-order valence-electron chi connectivity index (χ3n) is 7.23. The summed E-state index contributed by atoms with van der Waals surface area (Å²) in [5.74, 6) is -1.29. The Balaban J connectivity index is 1.23. The maximum absolute atomic E-state index is 11.5. The monoisotopic (exact) mass is 478 g/mol. The minimum Gasteiger partial charge on any atom is -0.456 e. The summed E-state index contributed by atoms with van der Waals surface area (Å²) in [5, 5.41) is 21.0. The van der Waals surface area contributed by atoms with E-state index >= 15 is 0 Å². The van der Waals surface area contributed by atoms with Crippen LogP contribution in [0.4, 0.5) is 0 Å². The first-order valence-electron chi connectivity index (χ1n) is 13.8. The molecule has 0 radical (unpaired) electrons. The normalized spacial score (nSPS) is 31.8. The van der Waals surface area contributed by atoms with E-state index in [0.29, 0.717) is 25.7 Å². The molecule has 0 bridgehead atoms. The van der Waals surface area contributed by atoms with Crippen LogP contribution in [0.2, 0.25) is 0 Å². The highest BCUT2D eigenvalue weighted by Crippen LogP contribution is 2.44. The van der Waals surface area contributed by atoms with Gasteiger partial charge in [0.15, 0.2) is 5.79 Å². The molecule has 3 aliphatic rings. The Morgan fingerprint density at radius 1 is 1.03 bits per heavy atom. The second-order valence-corrected chi connectivity index (χ2v) is 10.4. The lowest BCUT2D eigenvalue weighted by Gasteiger charge is -2.40. The van der Waals surface area contributed by atoms with E-state index in [4.69, 9.17) is 14.2 Å². The van der Waals surface area contributed by atoms with Crippen molar-refractivity contribution < 1.29 is 29.2 Å². The van der Waals surface area contributed by atoms with Crippen LogP contribution in [0.15, 0.2) is 24.3 Å². The van der Waals surface area contributed by atoms with Crippen molar-refractivity contribution in [2.45, 2.75) is 146 Å². The second-order valence-electron chi connectivity index (χ2n) is 10.4. The third-order valence-corrected chi connectivity index (χ3v) is 7.23. The lowest BCUT2D eigenvalue weighted by Crippen LogP contribution is -2.47. The summed E-state index contributed by atoms with van der Waals surface area (Å²) < 4.78 is 17.7. The van der Waals surface area contributed by atoms with Crippen molar-refractivity contribution in [1.82, 2.24) is 0 Å². The molecule has 6 heteroatoms. The fraction of sp³-hybridized carbons (Fsp3) is 0.821. The van der Waals surface area contributed by atoms with Gasteiger partial charge in [0.25, 0.3) is 0 Å². The molecule has 0 aliphatic carbocycles. The molecule has 0 aromatic carbocycles. The molecular weight excluding hydrogens is 432 g/mol. The van der Waals surface area contributed by atoms with Gasteiger partial charge < -0.3 is 24.4 Å². The number of aliphatic hydroxyl groups is 2. The van der Waals surface area contributed by atoms with E-state index in [1.165, 1.54) is 57.4 Å². The highest BCUT2D eigenvalue weighted by atomic mass is 16.7. The quantitative estimate of drug-likeness (QED) is 0.184. The zero-order valence-corrected chi connectivity index (χ0v) is 21.0. The predicted molar refractivity (Wildman–Crippen MR) is 132 cm³/mol. The van der Waals surface area contributed by atoms with Gasteiger partial charge in [-0.05, 0) is 44.6 Å². The van der Waals surface area contributed by atoms with Gasteiger partial charge >= 0.3 is 5.97 Å². The van der Waals surface area contributed by atoms with Crippen molar-refractivity contribution in [3.63, 3.8) is 0 Å². The molecule has 6 atom stereocenters. The summed E-state index contributed by atoms with van der Waals surface area (Å²) in [7, 11) is 0. The number of esters is 1. The summed E-state index contributed by atoms with van der Waals surface area (Å²) in [6, 6.07) is 0. The first-order chi connectivity index (χ1) is 16.5. The van der Waals surface area contributed by atoms with E-state index < -0.39 is 18.0 Å². The Bertz CT molecular complexity index is 661. The Kier molecular flexibility index (Phi) is 11.6. The number of hydrogen-bond acceptors (Lipinski definition) is 6. The molecule has 2 N–H and O–H groups in total. The Labute approximate surface area is 205 Å². The van der Waals surface area contributed by atoms with Crippen LogP contribution in [0.25, 0.3) is 0 Å². The molecule has 0 unspecified atom stereocenters. The fourth-order valence-corrected chi connectivity index (χ4v) is 5.51. The van der Waals surface area contributed by atoms with Crippen LogP contribution in [0, 0.1) is 0 Å². The highest BCUT2D eigenvalue weighted by molar-refractivity contribution is 5.83. The summed E-state index contributed by atoms with van der Waals surface area (Å²) >= 11 is 0. The Morgan fingerprint density at radius 3 is 2.47 bits per heavy atom. The number of carbonyl (C=O) groups excluding carboxylic acids is 1. The standard InChI is InChI=1S/C28H46O6/c1-2-3-4-5-6-7-8-9-10-11-12-13-14-15-22(29)18-24-19-23(30)20-28(33-24)21-26-25(34-28)16-17-27(31)32-26/h3-4,16-17,22-26,29-30H,2,5-15,18-21H2,1H3/b4-3-/t22-,23-,24-,25-,26-,28+/m0/s1. The smallest absolute Gasteiger partial charge is 0.330 e. The molecule has 34 heavy (non-hydrogen) atoms. The van der Waals surface area contributed by atoms with Gasteiger partial charge in [-0.2, -0.15) is 0 Å². The average molecular weight is 479 g/mol. The topological polar surface area (TPSA) is 85.2 Å². The Hall–Kier alpha value is -1.21. The van der Waals surface area contributed by atoms with Crippen LogP contribution in [0.5, 0.6) is 0 Å². The number of unbranched alkanes of at least 4 members (excludes halogenated alkanes) is 9. The lowest BCUT2D eigenvalue weighted by molar-refractivity contribution is -0.285. The highest BCUT2D eigenvalue weighted by Gasteiger charge is 2.53. The molecule has 1 spiro atoms. The number of carbonyl (C=O) groups is 1. The van der Waals surface area contributed by atoms with Gasteiger partial charge in [0, 0.05) is 18.9 Å². The molecule has 3 heterocycles. The molecule has 3 aliphatic heterocycles. The van der Waals surface area contributed by atoms with E-state index in [1.54, 1.807) is 6.08 Å². The maximum atomic E-state index is 11.5. The van der Waals surface area contributed by atoms with E-state index in [0.717, 1.165) is 25.7 Å². The zero-order valence-electron chi connectivity index (χ0n) is 21.0. The molecule has 6 nitrogen and oxygen atoms in total. The number of aliphatic hydroxyl groups excluding tert-OH is 2.